The summed E-state index contributed by atoms with van der Waals surface area (Å²) >= 11 is 0. The van der Waals surface area contributed by atoms with Crippen LogP contribution in [-0.2, 0) is 6.18 Å². The van der Waals surface area contributed by atoms with E-state index in [1.54, 1.807) is 0 Å². The second-order valence-corrected chi connectivity index (χ2v) is 5.93. The van der Waals surface area contributed by atoms with Crippen molar-refractivity contribution in [1.82, 2.24) is 5.32 Å². The van der Waals surface area contributed by atoms with Crippen molar-refractivity contribution in [2.24, 2.45) is 0 Å². The molecule has 0 spiro atoms. The number of halogens is 3. The molecule has 3 nitrogen and oxygen atoms in total. The molecule has 2 N–H and O–H groups in total. The zero-order valence-electron chi connectivity index (χ0n) is 14.2. The monoisotopic (exact) mass is 344 g/mol. The Morgan fingerprint density at radius 1 is 0.917 bits per heavy atom. The molecule has 0 aliphatic heterocycles. The zero-order chi connectivity index (χ0) is 17.8. The molecular formula is C18H27F3N2O. The third-order valence-corrected chi connectivity index (χ3v) is 3.79. The van der Waals surface area contributed by atoms with Crippen LogP contribution in [0, 0.1) is 0 Å². The molecule has 1 aromatic rings. The molecule has 0 fully saturated rings. The van der Waals surface area contributed by atoms with E-state index in [2.05, 4.69) is 17.6 Å². The van der Waals surface area contributed by atoms with Crippen molar-refractivity contribution in [1.29, 1.82) is 0 Å². The van der Waals surface area contributed by atoms with Crippen LogP contribution in [0.2, 0.25) is 0 Å². The summed E-state index contributed by atoms with van der Waals surface area (Å²) in [4.78, 5) is 11.7. The lowest BCUT2D eigenvalue weighted by Gasteiger charge is -2.10. The van der Waals surface area contributed by atoms with Gasteiger partial charge in [-0.1, -0.05) is 51.9 Å². The number of anilines is 1. The predicted octanol–water partition coefficient (Wildman–Crippen LogP) is 5.97. The van der Waals surface area contributed by atoms with Gasteiger partial charge in [-0.3, -0.25) is 0 Å². The number of benzene rings is 1. The first-order valence-corrected chi connectivity index (χ1v) is 8.65. The van der Waals surface area contributed by atoms with Crippen LogP contribution < -0.4 is 10.6 Å². The van der Waals surface area contributed by atoms with Crippen LogP contribution in [0.15, 0.2) is 24.3 Å². The predicted molar refractivity (Wildman–Crippen MR) is 91.1 cm³/mol. The molecule has 0 aliphatic rings. The highest BCUT2D eigenvalue weighted by Gasteiger charge is 2.29. The molecule has 1 aromatic carbocycles. The molecule has 2 amide bonds. The standard InChI is InChI=1S/C18H27F3N2O/c1-2-3-4-5-6-7-8-9-14-22-17(24)23-16-12-10-15(11-13-16)18(19,20)21/h10-13H,2-9,14H2,1H3,(H2,22,23,24). The third kappa shape index (κ3) is 8.79. The second kappa shape index (κ2) is 10.9. The summed E-state index contributed by atoms with van der Waals surface area (Å²) in [6.45, 7) is 2.77. The average molecular weight is 344 g/mol. The van der Waals surface area contributed by atoms with E-state index in [-0.39, 0.29) is 0 Å². The fourth-order valence-corrected chi connectivity index (χ4v) is 2.38. The highest BCUT2D eigenvalue weighted by Crippen LogP contribution is 2.29. The van der Waals surface area contributed by atoms with Gasteiger partial charge in [-0.25, -0.2) is 4.79 Å². The summed E-state index contributed by atoms with van der Waals surface area (Å²) in [5.41, 5.74) is -0.385. The maximum atomic E-state index is 12.4. The van der Waals surface area contributed by atoms with Gasteiger partial charge in [-0.2, -0.15) is 13.2 Å². The Balaban J connectivity index is 2.12. The largest absolute Gasteiger partial charge is 0.416 e. The van der Waals surface area contributed by atoms with Gasteiger partial charge in [0, 0.05) is 12.2 Å². The first kappa shape index (κ1) is 20.3. The fourth-order valence-electron chi connectivity index (χ4n) is 2.38. The molecule has 0 heterocycles. The van der Waals surface area contributed by atoms with E-state index in [0.29, 0.717) is 12.2 Å². The SMILES string of the molecule is CCCCCCCCCCNC(=O)Nc1ccc(C(F)(F)F)cc1. The van der Waals surface area contributed by atoms with Gasteiger partial charge < -0.3 is 10.6 Å². The van der Waals surface area contributed by atoms with Gasteiger partial charge in [0.15, 0.2) is 0 Å². The minimum Gasteiger partial charge on any atom is -0.338 e. The van der Waals surface area contributed by atoms with Crippen molar-refractivity contribution < 1.29 is 18.0 Å². The van der Waals surface area contributed by atoms with E-state index in [1.165, 1.54) is 50.7 Å². The number of carbonyl (C=O) groups is 1. The number of unbranched alkanes of at least 4 members (excludes halogenated alkanes) is 7. The van der Waals surface area contributed by atoms with Crippen LogP contribution in [0.25, 0.3) is 0 Å². The van der Waals surface area contributed by atoms with Crippen molar-refractivity contribution in [3.05, 3.63) is 29.8 Å². The molecule has 24 heavy (non-hydrogen) atoms. The average Bonchev–Trinajstić information content (AvgIpc) is 2.53. The lowest BCUT2D eigenvalue weighted by atomic mass is 10.1. The normalized spacial score (nSPS) is 11.3. The minimum absolute atomic E-state index is 0.344. The summed E-state index contributed by atoms with van der Waals surface area (Å²) in [5.74, 6) is 0. The summed E-state index contributed by atoms with van der Waals surface area (Å²) < 4.78 is 37.3. The zero-order valence-corrected chi connectivity index (χ0v) is 14.2. The molecule has 0 atom stereocenters. The van der Waals surface area contributed by atoms with Crippen LogP contribution >= 0.6 is 0 Å². The highest BCUT2D eigenvalue weighted by molar-refractivity contribution is 5.89. The van der Waals surface area contributed by atoms with Gasteiger partial charge in [0.1, 0.15) is 0 Å². The van der Waals surface area contributed by atoms with Gasteiger partial charge >= 0.3 is 12.2 Å². The smallest absolute Gasteiger partial charge is 0.338 e. The number of rotatable bonds is 10. The van der Waals surface area contributed by atoms with E-state index in [4.69, 9.17) is 0 Å². The van der Waals surface area contributed by atoms with Crippen LogP contribution in [0.5, 0.6) is 0 Å². The molecule has 6 heteroatoms. The van der Waals surface area contributed by atoms with Crippen molar-refractivity contribution in [3.8, 4) is 0 Å². The van der Waals surface area contributed by atoms with Crippen LogP contribution in [0.1, 0.15) is 63.9 Å². The van der Waals surface area contributed by atoms with Gasteiger partial charge in [0.05, 0.1) is 5.56 Å². The Morgan fingerprint density at radius 3 is 2.00 bits per heavy atom. The summed E-state index contributed by atoms with van der Waals surface area (Å²) in [6.07, 6.45) is 5.14. The Bertz CT molecular complexity index is 472. The lowest BCUT2D eigenvalue weighted by molar-refractivity contribution is -0.137. The summed E-state index contributed by atoms with van der Waals surface area (Å²) in [5, 5.41) is 5.24. The quantitative estimate of drug-likeness (QED) is 0.505. The Labute approximate surface area is 142 Å². The summed E-state index contributed by atoms with van der Waals surface area (Å²) in [6, 6.07) is 4.01. The maximum absolute atomic E-state index is 12.4. The van der Waals surface area contributed by atoms with Gasteiger partial charge in [0.2, 0.25) is 0 Å². The number of urea groups is 1. The number of amides is 2. The molecule has 0 bridgehead atoms. The van der Waals surface area contributed by atoms with Crippen LogP contribution in [-0.4, -0.2) is 12.6 Å². The molecule has 0 saturated carbocycles. The lowest BCUT2D eigenvalue weighted by Crippen LogP contribution is -2.29. The molecule has 0 aromatic heterocycles. The van der Waals surface area contributed by atoms with Gasteiger partial charge in [-0.15, -0.1) is 0 Å². The molecule has 0 unspecified atom stereocenters. The van der Waals surface area contributed by atoms with E-state index in [0.717, 1.165) is 25.0 Å². The van der Waals surface area contributed by atoms with Crippen molar-refractivity contribution >= 4 is 11.7 Å². The first-order valence-electron chi connectivity index (χ1n) is 8.65. The second-order valence-electron chi connectivity index (χ2n) is 5.93. The van der Waals surface area contributed by atoms with Crippen LogP contribution in [0.3, 0.4) is 0 Å². The Morgan fingerprint density at radius 2 is 1.46 bits per heavy atom. The van der Waals surface area contributed by atoms with Gasteiger partial charge in [-0.05, 0) is 30.7 Å². The number of hydrogen-bond acceptors (Lipinski definition) is 1. The number of hydrogen-bond donors (Lipinski definition) is 2. The first-order chi connectivity index (χ1) is 11.4. The maximum Gasteiger partial charge on any atom is 0.416 e. The van der Waals surface area contributed by atoms with Crippen molar-refractivity contribution in [2.45, 2.75) is 64.5 Å². The molecular weight excluding hydrogens is 317 g/mol. The van der Waals surface area contributed by atoms with Gasteiger partial charge in [0.25, 0.3) is 0 Å². The number of nitrogens with one attached hydrogen (secondary N) is 2. The minimum atomic E-state index is -4.36. The molecule has 136 valence electrons. The highest BCUT2D eigenvalue weighted by atomic mass is 19.4. The molecule has 0 aliphatic carbocycles. The van der Waals surface area contributed by atoms with Crippen LogP contribution in [0.4, 0.5) is 23.7 Å². The fraction of sp³-hybridized carbons (Fsp3) is 0.611. The van der Waals surface area contributed by atoms with E-state index in [1.807, 2.05) is 0 Å². The Kier molecular flexibility index (Phi) is 9.27. The Hall–Kier alpha value is -1.72. The van der Waals surface area contributed by atoms with Crippen molar-refractivity contribution in [3.63, 3.8) is 0 Å². The molecule has 1 rings (SSSR count). The summed E-state index contributed by atoms with van der Waals surface area (Å²) in [7, 11) is 0. The number of carbonyl (C=O) groups excluding carboxylic acids is 1. The van der Waals surface area contributed by atoms with E-state index < -0.39 is 17.8 Å². The van der Waals surface area contributed by atoms with Crippen molar-refractivity contribution in [2.75, 3.05) is 11.9 Å². The molecule has 0 saturated heterocycles. The van der Waals surface area contributed by atoms with E-state index in [9.17, 15) is 18.0 Å². The third-order valence-electron chi connectivity index (χ3n) is 3.79. The van der Waals surface area contributed by atoms with E-state index >= 15 is 0 Å². The number of alkyl halides is 3. The molecule has 0 radical (unpaired) electrons. The topological polar surface area (TPSA) is 41.1 Å².